The summed E-state index contributed by atoms with van der Waals surface area (Å²) in [5.41, 5.74) is 5.98. The van der Waals surface area contributed by atoms with Crippen LogP contribution in [-0.2, 0) is 16.0 Å². The van der Waals surface area contributed by atoms with Crippen LogP contribution in [0.4, 0.5) is 23.2 Å². The molecule has 0 aromatic heterocycles. The second kappa shape index (κ2) is 6.76. The number of hydrogen-bond donors (Lipinski definition) is 2. The van der Waals surface area contributed by atoms with E-state index in [0.717, 1.165) is 11.0 Å². The monoisotopic (exact) mass is 347 g/mol. The minimum absolute atomic E-state index is 0.112. The number of carbonyl (C=O) groups is 2. The van der Waals surface area contributed by atoms with Crippen molar-refractivity contribution in [1.82, 2.24) is 5.32 Å². The molecule has 0 spiro atoms. The van der Waals surface area contributed by atoms with Crippen molar-refractivity contribution in [2.24, 2.45) is 5.73 Å². The number of nitrogens with zero attached hydrogens (tertiary/aromatic N) is 1. The first-order valence-corrected chi connectivity index (χ1v) is 7.36. The van der Waals surface area contributed by atoms with E-state index in [9.17, 15) is 27.2 Å². The zero-order valence-corrected chi connectivity index (χ0v) is 12.9. The summed E-state index contributed by atoms with van der Waals surface area (Å²) in [6.45, 7) is 0.132. The Bertz CT molecular complexity index is 648. The van der Waals surface area contributed by atoms with Crippen LogP contribution < -0.4 is 16.0 Å². The number of fused-ring (bicyclic) bond motifs is 1. The zero-order chi connectivity index (χ0) is 18.1. The fraction of sp³-hybridized carbons (Fsp3) is 0.467. The number of nitrogens with two attached hydrogens (primary N) is 1. The van der Waals surface area contributed by atoms with Crippen LogP contribution in [0.2, 0.25) is 0 Å². The number of hydrogen-bond acceptors (Lipinski definition) is 3. The topological polar surface area (TPSA) is 75.4 Å². The highest BCUT2D eigenvalue weighted by Crippen LogP contribution is 2.34. The van der Waals surface area contributed by atoms with E-state index < -0.39 is 42.4 Å². The zero-order valence-electron chi connectivity index (χ0n) is 12.9. The minimum atomic E-state index is -4.58. The highest BCUT2D eigenvalue weighted by atomic mass is 19.4. The number of anilines is 1. The molecule has 24 heavy (non-hydrogen) atoms. The molecule has 2 amide bonds. The van der Waals surface area contributed by atoms with E-state index in [1.165, 1.54) is 12.1 Å². The number of halogens is 4. The molecule has 1 aromatic carbocycles. The van der Waals surface area contributed by atoms with Gasteiger partial charge in [0.1, 0.15) is 18.4 Å². The van der Waals surface area contributed by atoms with Crippen molar-refractivity contribution in [3.05, 3.63) is 29.6 Å². The van der Waals surface area contributed by atoms with Crippen LogP contribution in [0.1, 0.15) is 18.9 Å². The van der Waals surface area contributed by atoms with Crippen molar-refractivity contribution >= 4 is 17.5 Å². The molecule has 9 heteroatoms. The second-order valence-corrected chi connectivity index (χ2v) is 5.51. The number of amides is 2. The summed E-state index contributed by atoms with van der Waals surface area (Å²) in [4.78, 5) is 25.6. The molecule has 2 rings (SSSR count). The molecule has 2 atom stereocenters. The molecule has 2 unspecified atom stereocenters. The fourth-order valence-electron chi connectivity index (χ4n) is 2.57. The van der Waals surface area contributed by atoms with Gasteiger partial charge in [0.05, 0.1) is 11.7 Å². The van der Waals surface area contributed by atoms with Crippen LogP contribution >= 0.6 is 0 Å². The van der Waals surface area contributed by atoms with Crippen LogP contribution in [0.5, 0.6) is 0 Å². The largest absolute Gasteiger partial charge is 0.405 e. The van der Waals surface area contributed by atoms with E-state index in [0.29, 0.717) is 0 Å². The van der Waals surface area contributed by atoms with E-state index in [-0.39, 0.29) is 24.1 Å². The standard InChI is InChI=1S/C15H17F4N3O2/c1-2-10(20)14(24)22-11-5-3-4-9(16)8(11)6-12(22)13(23)21-7-15(17,18)19/h3-5,10,12H,2,6-7,20H2,1H3,(H,21,23). The SMILES string of the molecule is CCC(N)C(=O)N1c2cccc(F)c2CC1C(=O)NCC(F)(F)F. The van der Waals surface area contributed by atoms with Gasteiger partial charge in [0.15, 0.2) is 0 Å². The molecule has 1 aromatic rings. The molecule has 0 bridgehead atoms. The third kappa shape index (κ3) is 3.66. The van der Waals surface area contributed by atoms with Gasteiger partial charge in [-0.1, -0.05) is 13.0 Å². The van der Waals surface area contributed by atoms with Gasteiger partial charge in [0, 0.05) is 12.0 Å². The lowest BCUT2D eigenvalue weighted by atomic mass is 10.1. The Kier molecular flexibility index (Phi) is 5.12. The summed E-state index contributed by atoms with van der Waals surface area (Å²) >= 11 is 0. The number of rotatable bonds is 4. The molecule has 3 N–H and O–H groups in total. The first-order valence-electron chi connectivity index (χ1n) is 7.36. The molecule has 5 nitrogen and oxygen atoms in total. The van der Waals surface area contributed by atoms with Crippen LogP contribution in [0.3, 0.4) is 0 Å². The third-order valence-corrected chi connectivity index (χ3v) is 3.82. The smallest absolute Gasteiger partial charge is 0.345 e. The Morgan fingerprint density at radius 1 is 1.42 bits per heavy atom. The van der Waals surface area contributed by atoms with Crippen LogP contribution in [0.15, 0.2) is 18.2 Å². The highest BCUT2D eigenvalue weighted by molar-refractivity contribution is 6.05. The van der Waals surface area contributed by atoms with Gasteiger partial charge in [-0.25, -0.2) is 4.39 Å². The third-order valence-electron chi connectivity index (χ3n) is 3.82. The van der Waals surface area contributed by atoms with Gasteiger partial charge in [0.25, 0.3) is 0 Å². The van der Waals surface area contributed by atoms with Crippen LogP contribution in [0.25, 0.3) is 0 Å². The lowest BCUT2D eigenvalue weighted by Crippen LogP contribution is -2.53. The van der Waals surface area contributed by atoms with E-state index in [4.69, 9.17) is 5.73 Å². The lowest BCUT2D eigenvalue weighted by molar-refractivity contribution is -0.139. The lowest BCUT2D eigenvalue weighted by Gasteiger charge is -2.27. The quantitative estimate of drug-likeness (QED) is 0.811. The number of alkyl halides is 3. The Labute approximate surface area is 135 Å². The van der Waals surface area contributed by atoms with Crippen molar-refractivity contribution < 1.29 is 27.2 Å². The van der Waals surface area contributed by atoms with Gasteiger partial charge in [0.2, 0.25) is 11.8 Å². The summed E-state index contributed by atoms with van der Waals surface area (Å²) in [7, 11) is 0. The number of carbonyl (C=O) groups excluding carboxylic acids is 2. The maximum atomic E-state index is 13.9. The molecule has 1 aliphatic heterocycles. The molecule has 1 aliphatic rings. The summed E-state index contributed by atoms with van der Waals surface area (Å²) in [5.74, 6) is -2.25. The van der Waals surface area contributed by atoms with Crippen molar-refractivity contribution in [3.8, 4) is 0 Å². The van der Waals surface area contributed by atoms with Gasteiger partial charge < -0.3 is 11.1 Å². The summed E-state index contributed by atoms with van der Waals surface area (Å²) in [6, 6.07) is 1.77. The Balaban J connectivity index is 2.31. The van der Waals surface area contributed by atoms with Gasteiger partial charge in [-0.2, -0.15) is 13.2 Å². The first-order chi connectivity index (χ1) is 11.2. The molecule has 132 valence electrons. The van der Waals surface area contributed by atoms with Crippen molar-refractivity contribution in [2.75, 3.05) is 11.4 Å². The minimum Gasteiger partial charge on any atom is -0.345 e. The van der Waals surface area contributed by atoms with E-state index in [1.807, 2.05) is 0 Å². The fourth-order valence-corrected chi connectivity index (χ4v) is 2.57. The van der Waals surface area contributed by atoms with Crippen LogP contribution in [0, 0.1) is 5.82 Å². The van der Waals surface area contributed by atoms with Crippen molar-refractivity contribution in [3.63, 3.8) is 0 Å². The maximum absolute atomic E-state index is 13.9. The van der Waals surface area contributed by atoms with E-state index in [2.05, 4.69) is 0 Å². The van der Waals surface area contributed by atoms with E-state index in [1.54, 1.807) is 12.2 Å². The Morgan fingerprint density at radius 2 is 2.08 bits per heavy atom. The molecular formula is C15H17F4N3O2. The Hall–Kier alpha value is -2.16. The summed E-state index contributed by atoms with van der Waals surface area (Å²) < 4.78 is 50.8. The predicted molar refractivity (Wildman–Crippen MR) is 78.7 cm³/mol. The van der Waals surface area contributed by atoms with Crippen molar-refractivity contribution in [2.45, 2.75) is 38.0 Å². The normalized spacial score (nSPS) is 18.2. The van der Waals surface area contributed by atoms with Gasteiger partial charge in [-0.15, -0.1) is 0 Å². The van der Waals surface area contributed by atoms with Crippen molar-refractivity contribution in [1.29, 1.82) is 0 Å². The predicted octanol–water partition coefficient (Wildman–Crippen LogP) is 1.50. The molecule has 0 aliphatic carbocycles. The van der Waals surface area contributed by atoms with Gasteiger partial charge in [-0.3, -0.25) is 14.5 Å². The van der Waals surface area contributed by atoms with Gasteiger partial charge >= 0.3 is 6.18 Å². The average molecular weight is 347 g/mol. The second-order valence-electron chi connectivity index (χ2n) is 5.51. The molecule has 0 saturated carbocycles. The van der Waals surface area contributed by atoms with E-state index >= 15 is 0 Å². The summed E-state index contributed by atoms with van der Waals surface area (Å²) in [5, 5.41) is 1.74. The molecule has 0 radical (unpaired) electrons. The maximum Gasteiger partial charge on any atom is 0.405 e. The van der Waals surface area contributed by atoms with Crippen LogP contribution in [-0.4, -0.2) is 36.6 Å². The number of nitrogens with one attached hydrogen (secondary N) is 1. The average Bonchev–Trinajstić information content (AvgIpc) is 2.91. The first kappa shape index (κ1) is 18.2. The Morgan fingerprint density at radius 3 is 2.67 bits per heavy atom. The number of benzene rings is 1. The summed E-state index contributed by atoms with van der Waals surface area (Å²) in [6.07, 6.45) is -4.51. The molecule has 0 saturated heterocycles. The highest BCUT2D eigenvalue weighted by Gasteiger charge is 2.41. The molecule has 0 fully saturated rings. The molecule has 1 heterocycles. The molecular weight excluding hydrogens is 330 g/mol. The van der Waals surface area contributed by atoms with Gasteiger partial charge in [-0.05, 0) is 18.6 Å².